The van der Waals surface area contributed by atoms with Crippen LogP contribution in [0, 0.1) is 5.92 Å². The summed E-state index contributed by atoms with van der Waals surface area (Å²) in [6.07, 6.45) is 21.0. The van der Waals surface area contributed by atoms with E-state index in [9.17, 15) is 24.0 Å². The zero-order valence-corrected chi connectivity index (χ0v) is 34.9. The molecule has 7 rings (SSSR count). The van der Waals surface area contributed by atoms with Gasteiger partial charge in [0.25, 0.3) is 11.8 Å². The number of imide groups is 1. The van der Waals surface area contributed by atoms with Crippen LogP contribution in [0.25, 0.3) is 6.08 Å². The summed E-state index contributed by atoms with van der Waals surface area (Å²) in [5, 5.41) is 5.34. The molecule has 5 amide bonds. The van der Waals surface area contributed by atoms with Gasteiger partial charge in [-0.2, -0.15) is 0 Å². The van der Waals surface area contributed by atoms with E-state index in [0.717, 1.165) is 114 Å². The van der Waals surface area contributed by atoms with E-state index < -0.39 is 6.04 Å². The van der Waals surface area contributed by atoms with Crippen LogP contribution in [0.15, 0.2) is 67.1 Å². The number of hydrogen-bond acceptors (Lipinski definition) is 9. The molecule has 0 saturated carbocycles. The summed E-state index contributed by atoms with van der Waals surface area (Å²) >= 11 is 0. The average Bonchev–Trinajstić information content (AvgIpc) is 3.61. The number of rotatable bonds is 18. The van der Waals surface area contributed by atoms with Crippen LogP contribution in [0.2, 0.25) is 0 Å². The largest absolute Gasteiger partial charge is 0.354 e. The molecule has 2 N–H and O–H groups in total. The van der Waals surface area contributed by atoms with Crippen molar-refractivity contribution < 1.29 is 24.0 Å². The lowest BCUT2D eigenvalue weighted by Crippen LogP contribution is -2.52. The quantitative estimate of drug-likeness (QED) is 0.0978. The Morgan fingerprint density at radius 3 is 2.42 bits per heavy atom. The molecule has 1 unspecified atom stereocenters. The molecule has 318 valence electrons. The number of amides is 5. The Kier molecular flexibility index (Phi) is 15.1. The molecule has 3 fully saturated rings. The number of carbonyl (C=O) groups is 5. The molecular weight excluding hydrogens is 757 g/mol. The number of nitrogens with one attached hydrogen (secondary N) is 2. The van der Waals surface area contributed by atoms with Crippen molar-refractivity contribution in [2.75, 3.05) is 57.3 Å². The van der Waals surface area contributed by atoms with Gasteiger partial charge in [0.05, 0.1) is 5.56 Å². The Bertz CT molecular complexity index is 1970. The summed E-state index contributed by atoms with van der Waals surface area (Å²) in [5.74, 6) is 0.779. The molecule has 60 heavy (non-hydrogen) atoms. The zero-order valence-electron chi connectivity index (χ0n) is 34.9. The summed E-state index contributed by atoms with van der Waals surface area (Å²) in [6.45, 7) is 7.60. The fourth-order valence-electron chi connectivity index (χ4n) is 9.05. The highest BCUT2D eigenvalue weighted by atomic mass is 16.2. The molecule has 0 spiro atoms. The molecule has 0 aliphatic carbocycles. The van der Waals surface area contributed by atoms with E-state index in [2.05, 4.69) is 31.5 Å². The van der Waals surface area contributed by atoms with Crippen molar-refractivity contribution in [2.45, 2.75) is 96.1 Å². The first-order chi connectivity index (χ1) is 29.3. The van der Waals surface area contributed by atoms with Crippen LogP contribution < -0.4 is 15.5 Å². The van der Waals surface area contributed by atoms with Gasteiger partial charge < -0.3 is 20.0 Å². The van der Waals surface area contributed by atoms with Crippen molar-refractivity contribution in [3.63, 3.8) is 0 Å². The minimum atomic E-state index is -0.580. The lowest BCUT2D eigenvalue weighted by atomic mass is 9.91. The number of carbonyl (C=O) groups excluding carboxylic acids is 5. The number of pyridine rings is 2. The van der Waals surface area contributed by atoms with Crippen molar-refractivity contribution in [1.29, 1.82) is 0 Å². The van der Waals surface area contributed by atoms with Crippen molar-refractivity contribution in [3.8, 4) is 0 Å². The van der Waals surface area contributed by atoms with E-state index in [1.807, 2.05) is 41.3 Å². The van der Waals surface area contributed by atoms with Gasteiger partial charge in [-0.05, 0) is 104 Å². The fraction of sp³-hybridized carbons (Fsp3) is 0.511. The smallest absolute Gasteiger partial charge is 0.255 e. The molecule has 3 aromatic rings. The van der Waals surface area contributed by atoms with Crippen LogP contribution in [0.4, 0.5) is 5.82 Å². The molecule has 4 aliphatic rings. The molecule has 2 aromatic heterocycles. The maximum absolute atomic E-state index is 13.3. The second-order valence-corrected chi connectivity index (χ2v) is 16.7. The third kappa shape index (κ3) is 11.4. The first-order valence-corrected chi connectivity index (χ1v) is 22.2. The second-order valence-electron chi connectivity index (χ2n) is 16.7. The summed E-state index contributed by atoms with van der Waals surface area (Å²) in [5.41, 5.74) is 4.48. The molecule has 0 bridgehead atoms. The topological polar surface area (TPSA) is 148 Å². The monoisotopic (exact) mass is 816 g/mol. The number of anilines is 1. The minimum Gasteiger partial charge on any atom is -0.354 e. The Balaban J connectivity index is 0.723. The van der Waals surface area contributed by atoms with E-state index in [-0.39, 0.29) is 36.0 Å². The highest BCUT2D eigenvalue weighted by Gasteiger charge is 2.39. The highest BCUT2D eigenvalue weighted by Crippen LogP contribution is 2.31. The van der Waals surface area contributed by atoms with E-state index >= 15 is 0 Å². The summed E-state index contributed by atoms with van der Waals surface area (Å²) in [7, 11) is 0. The van der Waals surface area contributed by atoms with E-state index in [1.165, 1.54) is 24.8 Å². The van der Waals surface area contributed by atoms with Gasteiger partial charge in [0.15, 0.2) is 0 Å². The molecule has 1 aromatic carbocycles. The normalized spacial score (nSPS) is 18.9. The number of hydrogen-bond donors (Lipinski definition) is 2. The number of piperidine rings is 2. The second kappa shape index (κ2) is 21.2. The lowest BCUT2D eigenvalue weighted by molar-refractivity contribution is -0.137. The van der Waals surface area contributed by atoms with Crippen LogP contribution in [0.1, 0.15) is 114 Å². The summed E-state index contributed by atoms with van der Waals surface area (Å²) in [6, 6.07) is 13.0. The van der Waals surface area contributed by atoms with Crippen molar-refractivity contribution >= 4 is 41.4 Å². The van der Waals surface area contributed by atoms with Gasteiger partial charge in [-0.1, -0.05) is 50.3 Å². The Morgan fingerprint density at radius 1 is 0.833 bits per heavy atom. The molecule has 1 atom stereocenters. The Labute approximate surface area is 354 Å². The van der Waals surface area contributed by atoms with Gasteiger partial charge in [0, 0.05) is 89.0 Å². The van der Waals surface area contributed by atoms with Gasteiger partial charge >= 0.3 is 0 Å². The number of benzene rings is 1. The number of nitrogens with zero attached hydrogens (tertiary/aromatic N) is 6. The first-order valence-electron chi connectivity index (χ1n) is 22.2. The maximum Gasteiger partial charge on any atom is 0.255 e. The van der Waals surface area contributed by atoms with Crippen molar-refractivity contribution in [3.05, 3.63) is 94.9 Å². The SMILES string of the molecule is O=C(/C=C/c1cccnc1)NCCCCC1CCN(C(=O)c2ccc(N3CCN(CCCCCCCc4cccc5c4CN(C4CCC(=O)NC4=O)C5=O)CC3)nc2)CC1. The molecule has 13 nitrogen and oxygen atoms in total. The van der Waals surface area contributed by atoms with Crippen LogP contribution in [-0.2, 0) is 27.3 Å². The number of fused-ring (bicyclic) bond motifs is 1. The van der Waals surface area contributed by atoms with Gasteiger partial charge in [-0.3, -0.25) is 39.2 Å². The molecular formula is C47H60N8O5. The van der Waals surface area contributed by atoms with Crippen LogP contribution in [0.5, 0.6) is 0 Å². The molecule has 4 aliphatic heterocycles. The number of aromatic nitrogens is 2. The average molecular weight is 817 g/mol. The van der Waals surface area contributed by atoms with Crippen LogP contribution in [0.3, 0.4) is 0 Å². The van der Waals surface area contributed by atoms with Gasteiger partial charge in [-0.25, -0.2) is 4.98 Å². The number of unbranched alkanes of at least 4 members (excludes halogenated alkanes) is 5. The summed E-state index contributed by atoms with van der Waals surface area (Å²) in [4.78, 5) is 79.8. The van der Waals surface area contributed by atoms with E-state index in [4.69, 9.17) is 4.98 Å². The van der Waals surface area contributed by atoms with E-state index in [1.54, 1.807) is 35.6 Å². The highest BCUT2D eigenvalue weighted by molar-refractivity contribution is 6.05. The van der Waals surface area contributed by atoms with Gasteiger partial charge in [0.1, 0.15) is 11.9 Å². The molecule has 6 heterocycles. The maximum atomic E-state index is 13.3. The van der Waals surface area contributed by atoms with Crippen molar-refractivity contribution in [1.82, 2.24) is 35.3 Å². The Hall–Kier alpha value is -5.43. The molecule has 3 saturated heterocycles. The lowest BCUT2D eigenvalue weighted by Gasteiger charge is -2.35. The predicted octanol–water partition coefficient (Wildman–Crippen LogP) is 5.40. The minimum absolute atomic E-state index is 0.0674. The van der Waals surface area contributed by atoms with Crippen LogP contribution in [-0.4, -0.2) is 113 Å². The van der Waals surface area contributed by atoms with Crippen molar-refractivity contribution in [2.24, 2.45) is 5.92 Å². The molecule has 13 heteroatoms. The standard InChI is InChI=1S/C47H60N8O5/c56-43(19-15-36-11-9-23-48-32-36)49-24-6-5-10-35-21-26-54(27-22-35)46(59)38-16-18-42(50-33-38)53-30-28-52(29-31-53)25-7-3-1-2-4-12-37-13-8-14-39-40(37)34-55(47(39)60)41-17-20-44(57)51-45(41)58/h8-9,11,13-16,18-19,23,32-33,35,41H,1-7,10,12,17,20-22,24-31,34H2,(H,49,56)(H,51,57,58)/b19-15+. The third-order valence-corrected chi connectivity index (χ3v) is 12.6. The van der Waals surface area contributed by atoms with Crippen LogP contribution >= 0.6 is 0 Å². The first kappa shape index (κ1) is 42.7. The fourth-order valence-corrected chi connectivity index (χ4v) is 9.05. The predicted molar refractivity (Wildman–Crippen MR) is 231 cm³/mol. The number of piperazine rings is 1. The van der Waals surface area contributed by atoms with Gasteiger partial charge in [0.2, 0.25) is 17.7 Å². The number of likely N-dealkylation sites (tertiary alicyclic amines) is 1. The number of aryl methyl sites for hydroxylation is 1. The molecule has 0 radical (unpaired) electrons. The van der Waals surface area contributed by atoms with Gasteiger partial charge in [-0.15, -0.1) is 0 Å². The van der Waals surface area contributed by atoms with E-state index in [0.29, 0.717) is 36.6 Å². The third-order valence-electron chi connectivity index (χ3n) is 12.6. The summed E-state index contributed by atoms with van der Waals surface area (Å²) < 4.78 is 0. The zero-order chi connectivity index (χ0) is 41.7. The Morgan fingerprint density at radius 2 is 1.65 bits per heavy atom.